The first kappa shape index (κ1) is 15.2. The van der Waals surface area contributed by atoms with E-state index in [0.717, 1.165) is 32.1 Å². The highest BCUT2D eigenvalue weighted by atomic mass is 16.5. The minimum Gasteiger partial charge on any atom is -0.388 e. The summed E-state index contributed by atoms with van der Waals surface area (Å²) in [5.74, 6) is 0. The zero-order valence-electron chi connectivity index (χ0n) is 11.3. The van der Waals surface area contributed by atoms with Crippen LogP contribution < -0.4 is 10.6 Å². The van der Waals surface area contributed by atoms with Crippen molar-refractivity contribution in [3.63, 3.8) is 0 Å². The molecule has 0 atom stereocenters. The molecule has 1 aliphatic rings. The van der Waals surface area contributed by atoms with Crippen molar-refractivity contribution in [3.05, 3.63) is 0 Å². The average Bonchev–Trinajstić information content (AvgIpc) is 2.37. The Balaban J connectivity index is 2.05. The quantitative estimate of drug-likeness (QED) is 0.605. The van der Waals surface area contributed by atoms with Crippen LogP contribution in [0.2, 0.25) is 0 Å². The topological polar surface area (TPSA) is 70.6 Å². The molecule has 1 rings (SSSR count). The van der Waals surface area contributed by atoms with Crippen LogP contribution in [0, 0.1) is 0 Å². The minimum absolute atomic E-state index is 0.203. The Morgan fingerprint density at radius 2 is 2.00 bits per heavy atom. The van der Waals surface area contributed by atoms with Crippen LogP contribution in [0.4, 0.5) is 4.79 Å². The number of hydrogen-bond acceptors (Lipinski definition) is 3. The second-order valence-electron chi connectivity index (χ2n) is 4.94. The van der Waals surface area contributed by atoms with Gasteiger partial charge in [0.25, 0.3) is 0 Å². The number of hydrogen-bond donors (Lipinski definition) is 3. The Morgan fingerprint density at radius 3 is 2.67 bits per heavy atom. The van der Waals surface area contributed by atoms with E-state index in [1.807, 2.05) is 6.92 Å². The number of carbonyl (C=O) groups excluding carboxylic acids is 1. The third-order valence-electron chi connectivity index (χ3n) is 3.32. The van der Waals surface area contributed by atoms with Crippen molar-refractivity contribution in [3.8, 4) is 0 Å². The van der Waals surface area contributed by atoms with Crippen LogP contribution in [0.1, 0.15) is 45.4 Å². The molecule has 18 heavy (non-hydrogen) atoms. The summed E-state index contributed by atoms with van der Waals surface area (Å²) in [7, 11) is 0. The molecule has 0 aromatic heterocycles. The van der Waals surface area contributed by atoms with Crippen molar-refractivity contribution in [2.24, 2.45) is 0 Å². The summed E-state index contributed by atoms with van der Waals surface area (Å²) >= 11 is 0. The number of rotatable bonds is 7. The molecular weight excluding hydrogens is 232 g/mol. The summed E-state index contributed by atoms with van der Waals surface area (Å²) in [5.41, 5.74) is -0.694. The van der Waals surface area contributed by atoms with Gasteiger partial charge >= 0.3 is 6.03 Å². The van der Waals surface area contributed by atoms with Gasteiger partial charge in [-0.3, -0.25) is 0 Å². The van der Waals surface area contributed by atoms with E-state index in [0.29, 0.717) is 26.3 Å². The van der Waals surface area contributed by atoms with E-state index in [2.05, 4.69) is 10.6 Å². The standard InChI is InChI=1S/C13H26N2O3/c1-2-18-10-6-9-14-12(16)15-11-13(17)7-4-3-5-8-13/h17H,2-11H2,1H3,(H2,14,15,16). The first-order valence-electron chi connectivity index (χ1n) is 6.98. The fraction of sp³-hybridized carbons (Fsp3) is 0.923. The summed E-state index contributed by atoms with van der Waals surface area (Å²) in [6.07, 6.45) is 5.68. The molecule has 106 valence electrons. The maximum Gasteiger partial charge on any atom is 0.314 e. The van der Waals surface area contributed by atoms with Crippen molar-refractivity contribution in [1.82, 2.24) is 10.6 Å². The van der Waals surface area contributed by atoms with Gasteiger partial charge in [0.1, 0.15) is 0 Å². The maximum atomic E-state index is 11.5. The average molecular weight is 258 g/mol. The van der Waals surface area contributed by atoms with Crippen molar-refractivity contribution in [2.75, 3.05) is 26.3 Å². The zero-order valence-corrected chi connectivity index (χ0v) is 11.3. The lowest BCUT2D eigenvalue weighted by Gasteiger charge is -2.32. The van der Waals surface area contributed by atoms with Gasteiger partial charge in [0, 0.05) is 26.3 Å². The second kappa shape index (κ2) is 8.32. The molecule has 1 fully saturated rings. The third-order valence-corrected chi connectivity index (χ3v) is 3.32. The molecule has 1 aliphatic carbocycles. The SMILES string of the molecule is CCOCCCNC(=O)NCC1(O)CCCCC1. The highest BCUT2D eigenvalue weighted by Gasteiger charge is 2.29. The Morgan fingerprint density at radius 1 is 1.28 bits per heavy atom. The van der Waals surface area contributed by atoms with Crippen LogP contribution in [0.15, 0.2) is 0 Å². The summed E-state index contributed by atoms with van der Waals surface area (Å²) < 4.78 is 5.17. The van der Waals surface area contributed by atoms with Gasteiger partial charge in [0.2, 0.25) is 0 Å². The third kappa shape index (κ3) is 6.21. The van der Waals surface area contributed by atoms with Crippen LogP contribution in [-0.4, -0.2) is 43.0 Å². The van der Waals surface area contributed by atoms with Crippen molar-refractivity contribution >= 4 is 6.03 Å². The van der Waals surface area contributed by atoms with Crippen LogP contribution in [0.5, 0.6) is 0 Å². The van der Waals surface area contributed by atoms with Crippen LogP contribution in [-0.2, 0) is 4.74 Å². The first-order chi connectivity index (χ1) is 8.66. The van der Waals surface area contributed by atoms with Crippen molar-refractivity contribution in [2.45, 2.75) is 51.0 Å². The molecule has 3 N–H and O–H groups in total. The summed E-state index contributed by atoms with van der Waals surface area (Å²) in [5, 5.41) is 15.7. The smallest absolute Gasteiger partial charge is 0.314 e. The monoisotopic (exact) mass is 258 g/mol. The summed E-state index contributed by atoms with van der Waals surface area (Å²) in [6, 6.07) is -0.203. The molecular formula is C13H26N2O3. The van der Waals surface area contributed by atoms with Crippen LogP contribution in [0.25, 0.3) is 0 Å². The second-order valence-corrected chi connectivity index (χ2v) is 4.94. The highest BCUT2D eigenvalue weighted by molar-refractivity contribution is 5.73. The fourth-order valence-corrected chi connectivity index (χ4v) is 2.21. The highest BCUT2D eigenvalue weighted by Crippen LogP contribution is 2.27. The predicted molar refractivity (Wildman–Crippen MR) is 70.5 cm³/mol. The molecule has 2 amide bonds. The maximum absolute atomic E-state index is 11.5. The van der Waals surface area contributed by atoms with E-state index in [1.54, 1.807) is 0 Å². The zero-order chi connectivity index (χ0) is 13.3. The first-order valence-corrected chi connectivity index (χ1v) is 6.98. The van der Waals surface area contributed by atoms with Gasteiger partial charge in [0.15, 0.2) is 0 Å². The molecule has 0 heterocycles. The molecule has 1 saturated carbocycles. The summed E-state index contributed by atoms with van der Waals surface area (Å²) in [4.78, 5) is 11.5. The number of ether oxygens (including phenoxy) is 1. The number of aliphatic hydroxyl groups is 1. The van der Waals surface area contributed by atoms with E-state index >= 15 is 0 Å². The molecule has 5 heteroatoms. The van der Waals surface area contributed by atoms with E-state index < -0.39 is 5.60 Å². The van der Waals surface area contributed by atoms with Gasteiger partial charge in [-0.1, -0.05) is 19.3 Å². The number of urea groups is 1. The van der Waals surface area contributed by atoms with E-state index in [-0.39, 0.29) is 6.03 Å². The van der Waals surface area contributed by atoms with E-state index in [9.17, 15) is 9.90 Å². The van der Waals surface area contributed by atoms with E-state index in [1.165, 1.54) is 6.42 Å². The normalized spacial score (nSPS) is 18.3. The molecule has 0 saturated heterocycles. The molecule has 0 unspecified atom stereocenters. The Kier molecular flexibility index (Phi) is 7.05. The number of carbonyl (C=O) groups is 1. The van der Waals surface area contributed by atoms with Crippen LogP contribution >= 0.6 is 0 Å². The number of amides is 2. The molecule has 0 bridgehead atoms. The van der Waals surface area contributed by atoms with Crippen molar-refractivity contribution < 1.29 is 14.6 Å². The molecule has 5 nitrogen and oxygen atoms in total. The van der Waals surface area contributed by atoms with E-state index in [4.69, 9.17) is 4.74 Å². The van der Waals surface area contributed by atoms with Crippen molar-refractivity contribution in [1.29, 1.82) is 0 Å². The molecule has 0 aliphatic heterocycles. The summed E-state index contributed by atoms with van der Waals surface area (Å²) in [6.45, 7) is 4.28. The Labute approximate surface area is 109 Å². The van der Waals surface area contributed by atoms with Gasteiger partial charge in [0.05, 0.1) is 5.60 Å². The lowest BCUT2D eigenvalue weighted by Crippen LogP contribution is -2.47. The largest absolute Gasteiger partial charge is 0.388 e. The minimum atomic E-state index is -0.694. The molecule has 0 spiro atoms. The molecule has 0 aromatic carbocycles. The van der Waals surface area contributed by atoms with Gasteiger partial charge in [-0.2, -0.15) is 0 Å². The fourth-order valence-electron chi connectivity index (χ4n) is 2.21. The lowest BCUT2D eigenvalue weighted by molar-refractivity contribution is 0.00718. The molecule has 0 radical (unpaired) electrons. The Bertz CT molecular complexity index is 240. The van der Waals surface area contributed by atoms with Gasteiger partial charge < -0.3 is 20.5 Å². The molecule has 0 aromatic rings. The number of nitrogens with one attached hydrogen (secondary N) is 2. The van der Waals surface area contributed by atoms with Crippen LogP contribution in [0.3, 0.4) is 0 Å². The Hall–Kier alpha value is -0.810. The van der Waals surface area contributed by atoms with Gasteiger partial charge in [-0.15, -0.1) is 0 Å². The van der Waals surface area contributed by atoms with Gasteiger partial charge in [-0.05, 0) is 26.2 Å². The lowest BCUT2D eigenvalue weighted by atomic mass is 9.85. The van der Waals surface area contributed by atoms with Gasteiger partial charge in [-0.25, -0.2) is 4.79 Å². The predicted octanol–water partition coefficient (Wildman–Crippen LogP) is 1.41.